The second-order valence-corrected chi connectivity index (χ2v) is 5.68. The Bertz CT molecular complexity index is 921. The molecule has 4 rings (SSSR count). The van der Waals surface area contributed by atoms with Gasteiger partial charge in [0.15, 0.2) is 5.82 Å². The first-order chi connectivity index (χ1) is 11.6. The molecule has 0 saturated carbocycles. The zero-order valence-electron chi connectivity index (χ0n) is 13.1. The lowest BCUT2D eigenvalue weighted by atomic mass is 10.2. The maximum Gasteiger partial charge on any atom is 0.228 e. The number of aliphatic hydroxyl groups excluding tert-OH is 1. The predicted octanol–water partition coefficient (Wildman–Crippen LogP) is 2.06. The number of aliphatic hydroxyl groups is 1. The third-order valence-corrected chi connectivity index (χ3v) is 3.97. The topological polar surface area (TPSA) is 115 Å². The number of hydrogen-bond donors (Lipinski definition) is 3. The number of aromatic nitrogens is 4. The van der Waals surface area contributed by atoms with Crippen molar-refractivity contribution in [2.24, 2.45) is 0 Å². The van der Waals surface area contributed by atoms with Gasteiger partial charge in [0, 0.05) is 13.0 Å². The quantitative estimate of drug-likeness (QED) is 0.676. The van der Waals surface area contributed by atoms with E-state index in [1.165, 1.54) is 0 Å². The first-order valence-electron chi connectivity index (χ1n) is 7.62. The van der Waals surface area contributed by atoms with Gasteiger partial charge < -0.3 is 19.5 Å². The van der Waals surface area contributed by atoms with Crippen molar-refractivity contribution in [1.29, 1.82) is 5.41 Å². The highest BCUT2D eigenvalue weighted by atomic mass is 16.5. The van der Waals surface area contributed by atoms with Crippen LogP contribution in [0.15, 0.2) is 34.5 Å². The predicted molar refractivity (Wildman–Crippen MR) is 87.7 cm³/mol. The van der Waals surface area contributed by atoms with E-state index < -0.39 is 0 Å². The molecule has 2 aromatic heterocycles. The zero-order chi connectivity index (χ0) is 16.7. The summed E-state index contributed by atoms with van der Waals surface area (Å²) >= 11 is 0. The van der Waals surface area contributed by atoms with Crippen molar-refractivity contribution in [3.63, 3.8) is 0 Å². The smallest absolute Gasteiger partial charge is 0.228 e. The van der Waals surface area contributed by atoms with E-state index in [0.29, 0.717) is 36.1 Å². The molecule has 0 bridgehead atoms. The lowest BCUT2D eigenvalue weighted by Gasteiger charge is -2.16. The standard InChI is InChI=1S/C16H16N6O2/c1-9-18-13(24-21-9)6-7-22-8-12(23)14(15(22)17)16-19-10-4-2-3-5-11(10)20-16/h2-5,17,23H,6-8H2,1H3,(H,19,20). The molecule has 1 aliphatic heterocycles. The Morgan fingerprint density at radius 1 is 1.33 bits per heavy atom. The summed E-state index contributed by atoms with van der Waals surface area (Å²) in [5, 5.41) is 22.4. The monoisotopic (exact) mass is 324 g/mol. The van der Waals surface area contributed by atoms with Crippen LogP contribution >= 0.6 is 0 Å². The summed E-state index contributed by atoms with van der Waals surface area (Å²) in [7, 11) is 0. The SMILES string of the molecule is Cc1noc(CCN2CC(O)=C(c3nc4ccccc4[nH]3)C2=N)n1. The fourth-order valence-electron chi connectivity index (χ4n) is 2.82. The van der Waals surface area contributed by atoms with Gasteiger partial charge in [-0.1, -0.05) is 17.3 Å². The second-order valence-electron chi connectivity index (χ2n) is 5.68. The number of hydrogen-bond acceptors (Lipinski definition) is 6. The molecule has 0 unspecified atom stereocenters. The van der Waals surface area contributed by atoms with Crippen molar-refractivity contribution in [1.82, 2.24) is 25.0 Å². The number of para-hydroxylation sites is 2. The molecule has 8 nitrogen and oxygen atoms in total. The molecule has 1 aliphatic rings. The summed E-state index contributed by atoms with van der Waals surface area (Å²) in [6, 6.07) is 7.62. The molecule has 3 N–H and O–H groups in total. The number of aromatic amines is 1. The van der Waals surface area contributed by atoms with Gasteiger partial charge in [0.2, 0.25) is 5.89 Å². The minimum absolute atomic E-state index is 0.140. The van der Waals surface area contributed by atoms with Crippen molar-refractivity contribution >= 4 is 22.4 Å². The molecule has 0 spiro atoms. The Morgan fingerprint density at radius 3 is 2.92 bits per heavy atom. The Kier molecular flexibility index (Phi) is 3.30. The second kappa shape index (κ2) is 5.48. The molecule has 0 fully saturated rings. The number of fused-ring (bicyclic) bond motifs is 1. The van der Waals surface area contributed by atoms with Gasteiger partial charge in [0.25, 0.3) is 0 Å². The highest BCUT2D eigenvalue weighted by Gasteiger charge is 2.30. The molecule has 0 atom stereocenters. The molecule has 3 aromatic rings. The van der Waals surface area contributed by atoms with Gasteiger partial charge in [-0.2, -0.15) is 4.98 Å². The van der Waals surface area contributed by atoms with Crippen LogP contribution in [-0.2, 0) is 6.42 Å². The molecule has 0 amide bonds. The van der Waals surface area contributed by atoms with Gasteiger partial charge >= 0.3 is 0 Å². The average Bonchev–Trinajstić information content (AvgIpc) is 3.23. The van der Waals surface area contributed by atoms with Gasteiger partial charge in [-0.15, -0.1) is 0 Å². The largest absolute Gasteiger partial charge is 0.510 e. The van der Waals surface area contributed by atoms with Crippen LogP contribution in [0.2, 0.25) is 0 Å². The molecular formula is C16H16N6O2. The lowest BCUT2D eigenvalue weighted by Crippen LogP contribution is -2.29. The molecule has 8 heteroatoms. The van der Waals surface area contributed by atoms with E-state index in [4.69, 9.17) is 9.93 Å². The summed E-state index contributed by atoms with van der Waals surface area (Å²) < 4.78 is 5.08. The molecule has 0 saturated heterocycles. The Hall–Kier alpha value is -3.16. The molecule has 0 radical (unpaired) electrons. The van der Waals surface area contributed by atoms with Crippen LogP contribution in [-0.4, -0.2) is 49.0 Å². The van der Waals surface area contributed by atoms with E-state index in [9.17, 15) is 5.11 Å². The van der Waals surface area contributed by atoms with E-state index in [0.717, 1.165) is 11.0 Å². The minimum atomic E-state index is 0.140. The highest BCUT2D eigenvalue weighted by Crippen LogP contribution is 2.27. The summed E-state index contributed by atoms with van der Waals surface area (Å²) in [4.78, 5) is 13.5. The zero-order valence-corrected chi connectivity index (χ0v) is 13.1. The van der Waals surface area contributed by atoms with Crippen molar-refractivity contribution in [2.45, 2.75) is 13.3 Å². The third kappa shape index (κ3) is 2.41. The van der Waals surface area contributed by atoms with Gasteiger partial charge in [-0.3, -0.25) is 5.41 Å². The van der Waals surface area contributed by atoms with Crippen molar-refractivity contribution < 1.29 is 9.63 Å². The van der Waals surface area contributed by atoms with E-state index in [2.05, 4.69) is 20.1 Å². The number of amidine groups is 1. The van der Waals surface area contributed by atoms with Crippen LogP contribution in [0.1, 0.15) is 17.5 Å². The van der Waals surface area contributed by atoms with Crippen LogP contribution in [0.5, 0.6) is 0 Å². The molecule has 24 heavy (non-hydrogen) atoms. The fourth-order valence-corrected chi connectivity index (χ4v) is 2.82. The summed E-state index contributed by atoms with van der Waals surface area (Å²) in [6.45, 7) is 2.55. The summed E-state index contributed by atoms with van der Waals surface area (Å²) in [5.41, 5.74) is 2.12. The van der Waals surface area contributed by atoms with Crippen LogP contribution in [0.25, 0.3) is 16.6 Å². The van der Waals surface area contributed by atoms with Gasteiger partial charge in [-0.05, 0) is 19.1 Å². The Morgan fingerprint density at radius 2 is 2.17 bits per heavy atom. The summed E-state index contributed by atoms with van der Waals surface area (Å²) in [6.07, 6.45) is 0.518. The van der Waals surface area contributed by atoms with E-state index in [1.807, 2.05) is 24.3 Å². The number of nitrogens with zero attached hydrogens (tertiary/aromatic N) is 4. The maximum atomic E-state index is 10.3. The lowest BCUT2D eigenvalue weighted by molar-refractivity contribution is 0.330. The Labute approximate surface area is 137 Å². The van der Waals surface area contributed by atoms with Crippen molar-refractivity contribution in [2.75, 3.05) is 13.1 Å². The van der Waals surface area contributed by atoms with Crippen LogP contribution in [0, 0.1) is 12.3 Å². The first-order valence-corrected chi connectivity index (χ1v) is 7.62. The number of rotatable bonds is 4. The molecule has 122 valence electrons. The minimum Gasteiger partial charge on any atom is -0.510 e. The molecule has 3 heterocycles. The molecular weight excluding hydrogens is 308 g/mol. The first kappa shape index (κ1) is 14.4. The number of benzene rings is 1. The van der Waals surface area contributed by atoms with E-state index in [1.54, 1.807) is 11.8 Å². The highest BCUT2D eigenvalue weighted by molar-refractivity contribution is 6.23. The third-order valence-electron chi connectivity index (χ3n) is 3.97. The maximum absolute atomic E-state index is 10.3. The summed E-state index contributed by atoms with van der Waals surface area (Å²) in [5.74, 6) is 2.00. The number of H-pyrrole nitrogens is 1. The van der Waals surface area contributed by atoms with Gasteiger partial charge in [0.1, 0.15) is 17.4 Å². The molecule has 1 aromatic carbocycles. The normalized spacial score (nSPS) is 15.0. The Balaban J connectivity index is 1.54. The van der Waals surface area contributed by atoms with E-state index >= 15 is 0 Å². The van der Waals surface area contributed by atoms with Gasteiger partial charge in [-0.25, -0.2) is 4.98 Å². The number of aryl methyl sites for hydroxylation is 1. The molecule has 0 aliphatic carbocycles. The van der Waals surface area contributed by atoms with Gasteiger partial charge in [0.05, 0.1) is 23.2 Å². The van der Waals surface area contributed by atoms with Crippen molar-refractivity contribution in [3.8, 4) is 0 Å². The van der Waals surface area contributed by atoms with Crippen LogP contribution in [0.4, 0.5) is 0 Å². The van der Waals surface area contributed by atoms with Crippen LogP contribution in [0.3, 0.4) is 0 Å². The van der Waals surface area contributed by atoms with E-state index in [-0.39, 0.29) is 18.1 Å². The number of imidazole rings is 1. The fraction of sp³-hybridized carbons (Fsp3) is 0.250. The van der Waals surface area contributed by atoms with Crippen LogP contribution < -0.4 is 0 Å². The number of nitrogens with one attached hydrogen (secondary N) is 2. The average molecular weight is 324 g/mol. The van der Waals surface area contributed by atoms with Crippen molar-refractivity contribution in [3.05, 3.63) is 47.6 Å².